The van der Waals surface area contributed by atoms with Gasteiger partial charge in [-0.15, -0.1) is 0 Å². The van der Waals surface area contributed by atoms with Gasteiger partial charge in [-0.1, -0.05) is 89.7 Å². The summed E-state index contributed by atoms with van der Waals surface area (Å²) >= 11 is 4.67. The Morgan fingerprint density at radius 3 is 1.93 bits per heavy atom. The molecule has 0 aliphatic heterocycles. The summed E-state index contributed by atoms with van der Waals surface area (Å²) in [6.45, 7) is 2.29. The van der Waals surface area contributed by atoms with E-state index in [4.69, 9.17) is 0 Å². The Hall–Kier alpha value is -0.980. The van der Waals surface area contributed by atoms with Crippen LogP contribution in [-0.4, -0.2) is 5.16 Å². The Morgan fingerprint density at radius 2 is 1.37 bits per heavy atom. The summed E-state index contributed by atoms with van der Waals surface area (Å²) in [6.07, 6.45) is 21.5. The zero-order chi connectivity index (χ0) is 19.2. The Bertz CT molecular complexity index is 536. The molecular formula is C25H39NS. The predicted molar refractivity (Wildman–Crippen MR) is 122 cm³/mol. The van der Waals surface area contributed by atoms with Gasteiger partial charge in [0.05, 0.1) is 10.8 Å². The third kappa shape index (κ3) is 9.17. The van der Waals surface area contributed by atoms with Gasteiger partial charge >= 0.3 is 0 Å². The number of unbranched alkanes of at least 4 members (excludes halogenated alkanes) is 9. The van der Waals surface area contributed by atoms with Crippen LogP contribution in [0.25, 0.3) is 0 Å². The van der Waals surface area contributed by atoms with Crippen LogP contribution in [0.2, 0.25) is 0 Å². The van der Waals surface area contributed by atoms with Gasteiger partial charge in [-0.2, -0.15) is 4.99 Å². The molecule has 27 heavy (non-hydrogen) atoms. The molecule has 0 saturated heterocycles. The summed E-state index contributed by atoms with van der Waals surface area (Å²) in [7, 11) is 0. The minimum atomic E-state index is 0.750. The number of hydrogen-bond acceptors (Lipinski definition) is 2. The molecule has 0 bridgehead atoms. The van der Waals surface area contributed by atoms with Gasteiger partial charge in [0.15, 0.2) is 0 Å². The largest absolute Gasteiger partial charge is 0.195 e. The van der Waals surface area contributed by atoms with Crippen molar-refractivity contribution in [2.24, 2.45) is 10.9 Å². The zero-order valence-electron chi connectivity index (χ0n) is 17.4. The molecule has 0 aromatic heterocycles. The molecule has 0 radical (unpaired) electrons. The molecule has 1 fully saturated rings. The first-order chi connectivity index (χ1) is 13.3. The number of rotatable bonds is 13. The first-order valence-corrected chi connectivity index (χ1v) is 11.9. The molecule has 0 unspecified atom stereocenters. The lowest BCUT2D eigenvalue weighted by molar-refractivity contribution is 0.301. The minimum Gasteiger partial charge on any atom is -0.195 e. The number of thiocarbonyl (C=S) groups is 1. The van der Waals surface area contributed by atoms with E-state index in [2.05, 4.69) is 53.6 Å². The van der Waals surface area contributed by atoms with Crippen LogP contribution in [-0.2, 0) is 0 Å². The van der Waals surface area contributed by atoms with E-state index in [1.165, 1.54) is 102 Å². The van der Waals surface area contributed by atoms with Crippen LogP contribution in [0.3, 0.4) is 0 Å². The van der Waals surface area contributed by atoms with Crippen molar-refractivity contribution in [2.45, 2.75) is 109 Å². The van der Waals surface area contributed by atoms with E-state index in [0.717, 1.165) is 17.5 Å². The van der Waals surface area contributed by atoms with E-state index in [0.29, 0.717) is 0 Å². The molecular weight excluding hydrogens is 346 g/mol. The van der Waals surface area contributed by atoms with Gasteiger partial charge in [-0.25, -0.2) is 0 Å². The highest BCUT2D eigenvalue weighted by molar-refractivity contribution is 7.78. The lowest BCUT2D eigenvalue weighted by Crippen LogP contribution is -2.13. The standard InChI is InChI=1S/C25H39NS/c1-2-3-4-5-6-7-8-9-10-11-12-22-13-15-23(16-14-22)24-17-19-25(20-18-24)26-21-27/h17-20,22-23H,2-16H2,1H3. The molecule has 0 heterocycles. The molecule has 1 aliphatic rings. The maximum Gasteiger partial charge on any atom is 0.0739 e. The molecule has 1 aromatic carbocycles. The lowest BCUT2D eigenvalue weighted by atomic mass is 9.77. The fourth-order valence-corrected chi connectivity index (χ4v) is 4.68. The second-order valence-electron chi connectivity index (χ2n) is 8.48. The summed E-state index contributed by atoms with van der Waals surface area (Å²) in [4.78, 5) is 4.05. The predicted octanol–water partition coefficient (Wildman–Crippen LogP) is 9.01. The molecule has 1 nitrogen and oxygen atoms in total. The Kier molecular flexibility index (Phi) is 11.6. The molecule has 0 N–H and O–H groups in total. The first-order valence-electron chi connectivity index (χ1n) is 11.5. The topological polar surface area (TPSA) is 12.4 Å². The molecule has 0 atom stereocenters. The van der Waals surface area contributed by atoms with Gasteiger partial charge in [0.1, 0.15) is 0 Å². The Balaban J connectivity index is 1.50. The van der Waals surface area contributed by atoms with E-state index in [-0.39, 0.29) is 0 Å². The average molecular weight is 386 g/mol. The molecule has 150 valence electrons. The molecule has 0 amide bonds. The van der Waals surface area contributed by atoms with E-state index in [1.807, 2.05) is 0 Å². The van der Waals surface area contributed by atoms with E-state index in [1.54, 1.807) is 0 Å². The van der Waals surface area contributed by atoms with Gasteiger partial charge in [0, 0.05) is 0 Å². The quantitative estimate of drug-likeness (QED) is 0.187. The van der Waals surface area contributed by atoms with Crippen LogP contribution in [0.4, 0.5) is 5.69 Å². The Labute approximate surface area is 173 Å². The van der Waals surface area contributed by atoms with Crippen LogP contribution < -0.4 is 0 Å². The van der Waals surface area contributed by atoms with Crippen molar-refractivity contribution in [1.29, 1.82) is 0 Å². The maximum atomic E-state index is 4.67. The highest BCUT2D eigenvalue weighted by Gasteiger charge is 2.21. The molecule has 2 rings (SSSR count). The van der Waals surface area contributed by atoms with Crippen molar-refractivity contribution in [1.82, 2.24) is 0 Å². The van der Waals surface area contributed by atoms with Crippen LogP contribution in [0.1, 0.15) is 115 Å². The number of nitrogens with zero attached hydrogens (tertiary/aromatic N) is 1. The number of benzene rings is 1. The van der Waals surface area contributed by atoms with Gasteiger partial charge < -0.3 is 0 Å². The van der Waals surface area contributed by atoms with Crippen LogP contribution >= 0.6 is 12.2 Å². The smallest absolute Gasteiger partial charge is 0.0739 e. The van der Waals surface area contributed by atoms with E-state index in [9.17, 15) is 0 Å². The van der Waals surface area contributed by atoms with E-state index < -0.39 is 0 Å². The molecule has 0 spiro atoms. The summed E-state index contributed by atoms with van der Waals surface area (Å²) in [5, 5.41) is 2.44. The minimum absolute atomic E-state index is 0.750. The number of aliphatic imine (C=N–C) groups is 1. The monoisotopic (exact) mass is 385 g/mol. The fourth-order valence-electron chi connectivity index (χ4n) is 4.58. The average Bonchev–Trinajstić information content (AvgIpc) is 2.71. The first kappa shape index (κ1) is 22.3. The summed E-state index contributed by atoms with van der Waals surface area (Å²) < 4.78 is 0. The van der Waals surface area contributed by atoms with Crippen molar-refractivity contribution in [3.8, 4) is 0 Å². The number of hydrogen-bond donors (Lipinski definition) is 0. The van der Waals surface area contributed by atoms with Crippen molar-refractivity contribution >= 4 is 23.1 Å². The van der Waals surface area contributed by atoms with Crippen molar-refractivity contribution in [2.75, 3.05) is 0 Å². The zero-order valence-corrected chi connectivity index (χ0v) is 18.2. The van der Waals surface area contributed by atoms with Crippen molar-refractivity contribution < 1.29 is 0 Å². The van der Waals surface area contributed by atoms with E-state index >= 15 is 0 Å². The third-order valence-corrected chi connectivity index (χ3v) is 6.44. The fraction of sp³-hybridized carbons (Fsp3) is 0.720. The highest BCUT2D eigenvalue weighted by Crippen LogP contribution is 2.38. The normalized spacial score (nSPS) is 19.6. The van der Waals surface area contributed by atoms with Crippen LogP contribution in [0.5, 0.6) is 0 Å². The third-order valence-electron chi connectivity index (χ3n) is 6.35. The van der Waals surface area contributed by atoms with Crippen molar-refractivity contribution in [3.05, 3.63) is 29.8 Å². The van der Waals surface area contributed by atoms with Crippen molar-refractivity contribution in [3.63, 3.8) is 0 Å². The van der Waals surface area contributed by atoms with Crippen LogP contribution in [0, 0.1) is 5.92 Å². The molecule has 2 heteroatoms. The maximum absolute atomic E-state index is 4.67. The lowest BCUT2D eigenvalue weighted by Gasteiger charge is -2.29. The van der Waals surface area contributed by atoms with Gasteiger partial charge in [0.25, 0.3) is 0 Å². The SMILES string of the molecule is CCCCCCCCCCCCC1CCC(c2ccc(N=C=S)cc2)CC1. The van der Waals surface area contributed by atoms with Gasteiger partial charge in [-0.3, -0.25) is 0 Å². The highest BCUT2D eigenvalue weighted by atomic mass is 32.1. The molecule has 1 aliphatic carbocycles. The summed E-state index contributed by atoms with van der Waals surface area (Å²) in [6, 6.07) is 8.62. The van der Waals surface area contributed by atoms with Gasteiger partial charge in [-0.05, 0) is 67.4 Å². The Morgan fingerprint density at radius 1 is 0.815 bits per heavy atom. The molecule has 1 aromatic rings. The summed E-state index contributed by atoms with van der Waals surface area (Å²) in [5.41, 5.74) is 2.40. The molecule has 1 saturated carbocycles. The second kappa shape index (κ2) is 14.1. The number of isothiocyanates is 1. The van der Waals surface area contributed by atoms with Gasteiger partial charge in [0.2, 0.25) is 0 Å². The van der Waals surface area contributed by atoms with Crippen LogP contribution in [0.15, 0.2) is 29.3 Å². The summed E-state index contributed by atoms with van der Waals surface area (Å²) in [5.74, 6) is 1.73. The second-order valence-corrected chi connectivity index (χ2v) is 8.67.